The van der Waals surface area contributed by atoms with Crippen molar-refractivity contribution in [1.82, 2.24) is 0 Å². The van der Waals surface area contributed by atoms with Crippen molar-refractivity contribution >= 4 is 29.2 Å². The molecule has 27 heavy (non-hydrogen) atoms. The van der Waals surface area contributed by atoms with Crippen LogP contribution in [-0.4, -0.2) is 23.9 Å². The molecule has 0 N–H and O–H groups in total. The van der Waals surface area contributed by atoms with Crippen molar-refractivity contribution in [3.63, 3.8) is 0 Å². The minimum absolute atomic E-state index is 0.0797. The lowest BCUT2D eigenvalue weighted by atomic mass is 9.82. The number of benzene rings is 2. The van der Waals surface area contributed by atoms with Crippen LogP contribution in [0.4, 0.5) is 11.4 Å². The van der Waals surface area contributed by atoms with Crippen LogP contribution in [0.2, 0.25) is 5.02 Å². The molecule has 2 aliphatic heterocycles. The summed E-state index contributed by atoms with van der Waals surface area (Å²) in [7, 11) is 2.16. The molecule has 0 fully saturated rings. The Labute approximate surface area is 167 Å². The fourth-order valence-corrected chi connectivity index (χ4v) is 5.18. The first-order chi connectivity index (χ1) is 12.7. The lowest BCUT2D eigenvalue weighted by Crippen LogP contribution is -2.26. The number of halogens is 1. The topological polar surface area (TPSA) is 6.25 Å². The van der Waals surface area contributed by atoms with Gasteiger partial charge in [0.05, 0.1) is 0 Å². The first-order valence-corrected chi connectivity index (χ1v) is 10.1. The maximum Gasteiger partial charge on any atom is 0.209 e. The molecule has 140 valence electrons. The summed E-state index contributed by atoms with van der Waals surface area (Å²) in [6.07, 6.45) is 2.34. The van der Waals surface area contributed by atoms with Crippen LogP contribution in [0.5, 0.6) is 0 Å². The Morgan fingerprint density at radius 2 is 1.85 bits per heavy atom. The molecule has 0 aliphatic carbocycles. The number of nitrogens with zero attached hydrogens (tertiary/aromatic N) is 2. The Kier molecular flexibility index (Phi) is 4.23. The summed E-state index contributed by atoms with van der Waals surface area (Å²) in [4.78, 5) is 2.33. The molecule has 0 saturated carbocycles. The first kappa shape index (κ1) is 18.3. The summed E-state index contributed by atoms with van der Waals surface area (Å²) in [5.74, 6) is 0.528. The van der Waals surface area contributed by atoms with Crippen molar-refractivity contribution in [2.45, 2.75) is 52.0 Å². The maximum absolute atomic E-state index is 6.30. The molecule has 2 aromatic rings. The molecule has 2 aromatic carbocycles. The number of para-hydroxylation sites is 1. The highest BCUT2D eigenvalue weighted by Gasteiger charge is 2.41. The summed E-state index contributed by atoms with van der Waals surface area (Å²) >= 11 is 6.30. The molecule has 0 amide bonds. The highest BCUT2D eigenvalue weighted by atomic mass is 35.5. The van der Waals surface area contributed by atoms with Crippen molar-refractivity contribution < 1.29 is 4.58 Å². The molecule has 2 atom stereocenters. The van der Waals surface area contributed by atoms with E-state index in [9.17, 15) is 0 Å². The number of likely N-dealkylation sites (N-methyl/N-ethyl adjacent to an activating group) is 1. The van der Waals surface area contributed by atoms with Crippen molar-refractivity contribution in [3.05, 3.63) is 69.9 Å². The summed E-state index contributed by atoms with van der Waals surface area (Å²) < 4.78 is 2.45. The normalized spacial score (nSPS) is 26.3. The van der Waals surface area contributed by atoms with Crippen LogP contribution in [0, 0.1) is 0 Å². The van der Waals surface area contributed by atoms with Crippen molar-refractivity contribution in [1.29, 1.82) is 0 Å². The van der Waals surface area contributed by atoms with Crippen molar-refractivity contribution in [3.8, 4) is 0 Å². The molecule has 3 heteroatoms. The highest BCUT2D eigenvalue weighted by molar-refractivity contribution is 6.30. The second-order valence-corrected chi connectivity index (χ2v) is 8.94. The second kappa shape index (κ2) is 6.24. The van der Waals surface area contributed by atoms with Gasteiger partial charge in [0.2, 0.25) is 5.69 Å². The van der Waals surface area contributed by atoms with Gasteiger partial charge >= 0.3 is 0 Å². The van der Waals surface area contributed by atoms with Gasteiger partial charge in [0, 0.05) is 52.0 Å². The molecular formula is C24H28ClN2+. The highest BCUT2D eigenvalue weighted by Crippen LogP contribution is 2.49. The van der Waals surface area contributed by atoms with Crippen LogP contribution < -0.4 is 4.90 Å². The molecule has 2 aliphatic rings. The van der Waals surface area contributed by atoms with E-state index >= 15 is 0 Å². The first-order valence-electron chi connectivity index (χ1n) is 9.70. The van der Waals surface area contributed by atoms with E-state index in [1.807, 2.05) is 6.07 Å². The van der Waals surface area contributed by atoms with Crippen molar-refractivity contribution in [2.24, 2.45) is 0 Å². The van der Waals surface area contributed by atoms with Gasteiger partial charge in [-0.05, 0) is 37.6 Å². The van der Waals surface area contributed by atoms with Gasteiger partial charge in [-0.3, -0.25) is 0 Å². The van der Waals surface area contributed by atoms with Crippen LogP contribution in [0.15, 0.2) is 53.7 Å². The number of rotatable bonds is 1. The third-order valence-corrected chi connectivity index (χ3v) is 6.73. The second-order valence-electron chi connectivity index (χ2n) is 8.50. The minimum atomic E-state index is -0.0797. The predicted octanol–water partition coefficient (Wildman–Crippen LogP) is 6.26. The lowest BCUT2D eigenvalue weighted by Gasteiger charge is -2.25. The monoisotopic (exact) mass is 379 g/mol. The number of fused-ring (bicyclic) bond motifs is 2. The van der Waals surface area contributed by atoms with E-state index in [1.54, 1.807) is 0 Å². The summed E-state index contributed by atoms with van der Waals surface area (Å²) in [6.45, 7) is 11.5. The molecule has 0 bridgehead atoms. The number of hydrogen-bond acceptors (Lipinski definition) is 1. The van der Waals surface area contributed by atoms with Gasteiger partial charge in [-0.15, -0.1) is 0 Å². The fourth-order valence-electron chi connectivity index (χ4n) is 5.01. The molecule has 0 radical (unpaired) electrons. The van der Waals surface area contributed by atoms with Crippen LogP contribution >= 0.6 is 11.6 Å². The van der Waals surface area contributed by atoms with Crippen LogP contribution in [0.1, 0.15) is 51.7 Å². The van der Waals surface area contributed by atoms with E-state index in [4.69, 9.17) is 11.6 Å². The number of anilines is 1. The van der Waals surface area contributed by atoms with E-state index in [2.05, 4.69) is 93.8 Å². The van der Waals surface area contributed by atoms with Crippen LogP contribution in [-0.2, 0) is 5.41 Å². The zero-order chi connectivity index (χ0) is 19.5. The van der Waals surface area contributed by atoms with E-state index in [0.717, 1.165) is 5.02 Å². The summed E-state index contributed by atoms with van der Waals surface area (Å²) in [5.41, 5.74) is 7.86. The van der Waals surface area contributed by atoms with Gasteiger partial charge in [-0.25, -0.2) is 0 Å². The van der Waals surface area contributed by atoms with E-state index < -0.39 is 0 Å². The molecule has 4 rings (SSSR count). The van der Waals surface area contributed by atoms with E-state index in [1.165, 1.54) is 33.8 Å². The predicted molar refractivity (Wildman–Crippen MR) is 116 cm³/mol. The zero-order valence-electron chi connectivity index (χ0n) is 17.0. The molecule has 0 spiro atoms. The summed E-state index contributed by atoms with van der Waals surface area (Å²) in [6, 6.07) is 15.5. The number of allylic oxidation sites excluding steroid dienone is 2. The van der Waals surface area contributed by atoms with Gasteiger partial charge in [0.15, 0.2) is 12.3 Å². The van der Waals surface area contributed by atoms with Crippen molar-refractivity contribution in [2.75, 3.05) is 11.9 Å². The molecular weight excluding hydrogens is 352 g/mol. The van der Waals surface area contributed by atoms with Gasteiger partial charge in [-0.2, -0.15) is 4.58 Å². The smallest absolute Gasteiger partial charge is 0.209 e. The quantitative estimate of drug-likeness (QED) is 0.530. The average molecular weight is 380 g/mol. The summed E-state index contributed by atoms with van der Waals surface area (Å²) in [5, 5.41) is 0.800. The average Bonchev–Trinajstić information content (AvgIpc) is 2.98. The van der Waals surface area contributed by atoms with Crippen LogP contribution in [0.3, 0.4) is 0 Å². The Bertz CT molecular complexity index is 984. The Morgan fingerprint density at radius 3 is 2.59 bits per heavy atom. The van der Waals surface area contributed by atoms with E-state index in [0.29, 0.717) is 12.0 Å². The lowest BCUT2D eigenvalue weighted by molar-refractivity contribution is -0.467. The maximum atomic E-state index is 6.30. The molecule has 0 saturated heterocycles. The molecule has 0 aromatic heterocycles. The van der Waals surface area contributed by atoms with Gasteiger partial charge in [0.25, 0.3) is 0 Å². The zero-order valence-corrected chi connectivity index (χ0v) is 17.8. The Balaban J connectivity index is 1.86. The largest absolute Gasteiger partial charge is 0.347 e. The van der Waals surface area contributed by atoms with Crippen LogP contribution in [0.25, 0.3) is 0 Å². The molecule has 2 nitrogen and oxygen atoms in total. The SMILES string of the molecule is CC(C=[N+]1c2ccccc2C(C)C1C)=C1N(C)c2ccc(Cl)cc2C1(C)C. The third kappa shape index (κ3) is 2.65. The molecule has 2 heterocycles. The van der Waals surface area contributed by atoms with E-state index in [-0.39, 0.29) is 5.41 Å². The standard InChI is InChI=1S/C24H28ClN2/c1-15(14-27-17(3)16(2)19-9-7-8-10-21(19)27)23-24(4,5)20-13-18(25)11-12-22(20)26(23)6/h7-14,16-17H,1-6H3/q+1. The number of hydrogen-bond donors (Lipinski definition) is 0. The third-order valence-electron chi connectivity index (χ3n) is 6.49. The molecule has 2 unspecified atom stereocenters. The fraction of sp³-hybridized carbons (Fsp3) is 0.375. The Morgan fingerprint density at radius 1 is 1.15 bits per heavy atom. The Hall–Kier alpha value is -2.06. The minimum Gasteiger partial charge on any atom is -0.347 e. The van der Waals surface area contributed by atoms with Gasteiger partial charge in [-0.1, -0.05) is 50.6 Å². The van der Waals surface area contributed by atoms with Gasteiger partial charge < -0.3 is 4.90 Å². The van der Waals surface area contributed by atoms with Gasteiger partial charge in [0.1, 0.15) is 0 Å².